The molecule has 1 rings (SSSR count). The van der Waals surface area contributed by atoms with Crippen LogP contribution in [0.2, 0.25) is 10.0 Å². The van der Waals surface area contributed by atoms with Gasteiger partial charge in [0, 0.05) is 5.02 Å². The van der Waals surface area contributed by atoms with E-state index >= 15 is 0 Å². The molecule has 20 heavy (non-hydrogen) atoms. The van der Waals surface area contributed by atoms with Gasteiger partial charge in [-0.3, -0.25) is 0 Å². The first-order chi connectivity index (χ1) is 9.44. The van der Waals surface area contributed by atoms with E-state index in [4.69, 9.17) is 33.0 Å². The molecule has 0 unspecified atom stereocenters. The number of rotatable bonds is 6. The number of carboxylic acids is 1. The number of ether oxygens (including phenoxy) is 1. The second-order valence-corrected chi connectivity index (χ2v) is 4.72. The Bertz CT molecular complexity index is 404. The molecule has 0 saturated heterocycles. The van der Waals surface area contributed by atoms with E-state index in [9.17, 15) is 4.79 Å². The molecule has 0 radical (unpaired) electrons. The van der Waals surface area contributed by atoms with Gasteiger partial charge in [-0.2, -0.15) is 0 Å². The fourth-order valence-electron chi connectivity index (χ4n) is 1.40. The molecule has 1 N–H and O–H groups in total. The van der Waals surface area contributed by atoms with Gasteiger partial charge in [0.1, 0.15) is 5.75 Å². The third-order valence-corrected chi connectivity index (χ3v) is 3.12. The highest BCUT2D eigenvalue weighted by molar-refractivity contribution is 6.35. The van der Waals surface area contributed by atoms with Gasteiger partial charge in [-0.05, 0) is 37.8 Å². The zero-order valence-corrected chi connectivity index (χ0v) is 13.5. The minimum absolute atomic E-state index is 0.300. The maximum atomic E-state index is 10.2. The Balaban J connectivity index is 0.000000441. The van der Waals surface area contributed by atoms with Gasteiger partial charge < -0.3 is 14.7 Å². The number of halogens is 2. The first kappa shape index (κ1) is 19.0. The largest absolute Gasteiger partial charge is 0.480 e. The summed E-state index contributed by atoms with van der Waals surface area (Å²) >= 11 is 11.3. The van der Waals surface area contributed by atoms with E-state index in [1.54, 1.807) is 6.07 Å². The molecular weight excluding hydrogens is 301 g/mol. The summed E-state index contributed by atoms with van der Waals surface area (Å²) in [4.78, 5) is 12.5. The molecule has 0 spiro atoms. The molecule has 0 aliphatic heterocycles. The second-order valence-electron chi connectivity index (χ2n) is 3.88. The van der Waals surface area contributed by atoms with Crippen LogP contribution in [-0.2, 0) is 4.79 Å². The lowest BCUT2D eigenvalue weighted by atomic mass is 10.3. The Morgan fingerprint density at radius 2 is 1.75 bits per heavy atom. The van der Waals surface area contributed by atoms with Crippen molar-refractivity contribution in [3.63, 3.8) is 0 Å². The van der Waals surface area contributed by atoms with Crippen LogP contribution in [0.4, 0.5) is 0 Å². The highest BCUT2D eigenvalue weighted by Gasteiger charge is 2.04. The van der Waals surface area contributed by atoms with Crippen molar-refractivity contribution in [3.05, 3.63) is 28.2 Å². The van der Waals surface area contributed by atoms with Gasteiger partial charge in [-0.1, -0.05) is 44.0 Å². The molecule has 6 heteroatoms. The molecule has 0 amide bonds. The topological polar surface area (TPSA) is 49.8 Å². The van der Waals surface area contributed by atoms with E-state index in [2.05, 4.69) is 25.7 Å². The number of nitrogens with zero attached hydrogens (tertiary/aromatic N) is 1. The van der Waals surface area contributed by atoms with E-state index < -0.39 is 12.6 Å². The van der Waals surface area contributed by atoms with Crippen LogP contribution in [0.1, 0.15) is 20.8 Å². The Hall–Kier alpha value is -0.970. The Morgan fingerprint density at radius 3 is 2.10 bits per heavy atom. The summed E-state index contributed by atoms with van der Waals surface area (Å²) in [6, 6.07) is 4.58. The summed E-state index contributed by atoms with van der Waals surface area (Å²) in [7, 11) is 0. The maximum Gasteiger partial charge on any atom is 0.341 e. The molecule has 4 nitrogen and oxygen atoms in total. The number of benzene rings is 1. The van der Waals surface area contributed by atoms with Crippen LogP contribution in [0.5, 0.6) is 5.75 Å². The quantitative estimate of drug-likeness (QED) is 0.865. The van der Waals surface area contributed by atoms with Crippen molar-refractivity contribution in [3.8, 4) is 5.75 Å². The van der Waals surface area contributed by atoms with Crippen LogP contribution >= 0.6 is 23.2 Å². The summed E-state index contributed by atoms with van der Waals surface area (Å²) in [6.45, 7) is 9.71. The predicted octanol–water partition coefficient (Wildman–Crippen LogP) is 3.80. The van der Waals surface area contributed by atoms with Gasteiger partial charge in [-0.25, -0.2) is 4.79 Å². The van der Waals surface area contributed by atoms with E-state index in [0.717, 1.165) is 0 Å². The molecule has 114 valence electrons. The van der Waals surface area contributed by atoms with Crippen molar-refractivity contribution in [1.29, 1.82) is 0 Å². The molecule has 0 aliphatic carbocycles. The molecule has 1 aromatic rings. The van der Waals surface area contributed by atoms with Crippen molar-refractivity contribution < 1.29 is 14.6 Å². The number of hydrogen-bond acceptors (Lipinski definition) is 3. The third kappa shape index (κ3) is 8.25. The predicted molar refractivity (Wildman–Crippen MR) is 83.1 cm³/mol. The van der Waals surface area contributed by atoms with Gasteiger partial charge >= 0.3 is 5.97 Å². The number of hydrogen-bond donors (Lipinski definition) is 1. The standard InChI is InChI=1S/C8H6Cl2O3.C6H15N/c9-5-1-2-7(6(10)3-5)13-4-8(11)12;1-4-7(5-2)6-3/h1-3H,4H2,(H,11,12);4-6H2,1-3H3. The van der Waals surface area contributed by atoms with E-state index in [0.29, 0.717) is 15.8 Å². The summed E-state index contributed by atoms with van der Waals surface area (Å²) in [6.07, 6.45) is 0. The molecule has 0 saturated carbocycles. The highest BCUT2D eigenvalue weighted by Crippen LogP contribution is 2.27. The molecule has 0 bridgehead atoms. The average molecular weight is 322 g/mol. The minimum Gasteiger partial charge on any atom is -0.480 e. The molecule has 1 aromatic carbocycles. The van der Waals surface area contributed by atoms with E-state index in [-0.39, 0.29) is 0 Å². The fraction of sp³-hybridized carbons (Fsp3) is 0.500. The van der Waals surface area contributed by atoms with E-state index in [1.165, 1.54) is 31.8 Å². The monoisotopic (exact) mass is 321 g/mol. The summed E-state index contributed by atoms with van der Waals surface area (Å²) in [5, 5.41) is 9.11. The fourth-order valence-corrected chi connectivity index (χ4v) is 1.87. The average Bonchev–Trinajstić information content (AvgIpc) is 2.40. The molecule has 0 aliphatic rings. The minimum atomic E-state index is -1.05. The Labute approximate surface area is 130 Å². The van der Waals surface area contributed by atoms with Gasteiger partial charge in [0.25, 0.3) is 0 Å². The van der Waals surface area contributed by atoms with Crippen LogP contribution in [-0.4, -0.2) is 42.2 Å². The third-order valence-electron chi connectivity index (χ3n) is 2.59. The van der Waals surface area contributed by atoms with Crippen molar-refractivity contribution in [2.45, 2.75) is 20.8 Å². The van der Waals surface area contributed by atoms with Crippen molar-refractivity contribution in [2.75, 3.05) is 26.2 Å². The van der Waals surface area contributed by atoms with Crippen molar-refractivity contribution >= 4 is 29.2 Å². The van der Waals surface area contributed by atoms with Crippen LogP contribution in [0.15, 0.2) is 18.2 Å². The van der Waals surface area contributed by atoms with Crippen LogP contribution in [0, 0.1) is 0 Å². The highest BCUT2D eigenvalue weighted by atomic mass is 35.5. The first-order valence-corrected chi connectivity index (χ1v) is 7.22. The molecule has 0 aromatic heterocycles. The molecule has 0 heterocycles. The normalized spacial score (nSPS) is 9.90. The van der Waals surface area contributed by atoms with Crippen LogP contribution in [0.3, 0.4) is 0 Å². The molecular formula is C14H21Cl2NO3. The van der Waals surface area contributed by atoms with Gasteiger partial charge in [0.15, 0.2) is 6.61 Å². The van der Waals surface area contributed by atoms with Gasteiger partial charge in [0.05, 0.1) is 5.02 Å². The van der Waals surface area contributed by atoms with Crippen molar-refractivity contribution in [1.82, 2.24) is 4.90 Å². The maximum absolute atomic E-state index is 10.2. The lowest BCUT2D eigenvalue weighted by Crippen LogP contribution is -2.21. The zero-order chi connectivity index (χ0) is 15.5. The zero-order valence-electron chi connectivity index (χ0n) is 12.0. The van der Waals surface area contributed by atoms with Gasteiger partial charge in [0.2, 0.25) is 0 Å². The molecule has 0 fully saturated rings. The summed E-state index contributed by atoms with van der Waals surface area (Å²) in [5.41, 5.74) is 0. The summed E-state index contributed by atoms with van der Waals surface area (Å²) < 4.78 is 4.86. The Kier molecular flexibility index (Phi) is 10.3. The number of carboxylic acid groups (broad SMARTS) is 1. The lowest BCUT2D eigenvalue weighted by molar-refractivity contribution is -0.139. The lowest BCUT2D eigenvalue weighted by Gasteiger charge is -2.13. The SMILES string of the molecule is CCN(CC)CC.O=C(O)COc1ccc(Cl)cc1Cl. The summed E-state index contributed by atoms with van der Waals surface area (Å²) in [5.74, 6) is -0.737. The first-order valence-electron chi connectivity index (χ1n) is 6.46. The Morgan fingerprint density at radius 1 is 1.20 bits per heavy atom. The second kappa shape index (κ2) is 10.8. The van der Waals surface area contributed by atoms with Crippen LogP contribution < -0.4 is 4.74 Å². The number of carbonyl (C=O) groups is 1. The smallest absolute Gasteiger partial charge is 0.341 e. The van der Waals surface area contributed by atoms with Crippen LogP contribution in [0.25, 0.3) is 0 Å². The van der Waals surface area contributed by atoms with Crippen molar-refractivity contribution in [2.24, 2.45) is 0 Å². The van der Waals surface area contributed by atoms with Gasteiger partial charge in [-0.15, -0.1) is 0 Å². The number of aliphatic carboxylic acids is 1. The van der Waals surface area contributed by atoms with E-state index in [1.807, 2.05) is 0 Å². The molecule has 0 atom stereocenters.